The molecule has 2 rings (SSSR count). The first-order valence-electron chi connectivity index (χ1n) is 5.79. The Kier molecular flexibility index (Phi) is 4.47. The van der Waals surface area contributed by atoms with Gasteiger partial charge in [0.25, 0.3) is 0 Å². The van der Waals surface area contributed by atoms with E-state index in [1.54, 1.807) is 12.4 Å². The molecule has 1 aromatic carbocycles. The third-order valence-electron chi connectivity index (χ3n) is 2.57. The van der Waals surface area contributed by atoms with E-state index >= 15 is 0 Å². The van der Waals surface area contributed by atoms with E-state index in [4.69, 9.17) is 11.6 Å². The summed E-state index contributed by atoms with van der Waals surface area (Å²) in [6, 6.07) is 7.82. The average Bonchev–Trinajstić information content (AvgIpc) is 2.42. The zero-order valence-corrected chi connectivity index (χ0v) is 10.8. The first kappa shape index (κ1) is 13.5. The second kappa shape index (κ2) is 6.29. The Morgan fingerprint density at radius 3 is 2.89 bits per heavy atom. The van der Waals surface area contributed by atoms with Gasteiger partial charge in [-0.05, 0) is 36.2 Å². The lowest BCUT2D eigenvalue weighted by molar-refractivity contribution is -0.116. The van der Waals surface area contributed by atoms with Gasteiger partial charge in [-0.15, -0.1) is 0 Å². The van der Waals surface area contributed by atoms with Crippen LogP contribution in [0, 0.1) is 5.82 Å². The zero-order chi connectivity index (χ0) is 13.7. The molecular formula is C14H12ClFN2O. The summed E-state index contributed by atoms with van der Waals surface area (Å²) in [6.45, 7) is 0. The van der Waals surface area contributed by atoms with Gasteiger partial charge in [-0.1, -0.05) is 17.7 Å². The summed E-state index contributed by atoms with van der Waals surface area (Å²) in [6.07, 6.45) is 4.35. The van der Waals surface area contributed by atoms with Crippen LogP contribution >= 0.6 is 11.6 Å². The van der Waals surface area contributed by atoms with Gasteiger partial charge < -0.3 is 5.32 Å². The van der Waals surface area contributed by atoms with Gasteiger partial charge in [-0.2, -0.15) is 0 Å². The highest BCUT2D eigenvalue weighted by molar-refractivity contribution is 6.31. The number of halogens is 2. The second-order valence-electron chi connectivity index (χ2n) is 4.04. The molecular weight excluding hydrogens is 267 g/mol. The molecule has 0 spiro atoms. The van der Waals surface area contributed by atoms with Crippen molar-refractivity contribution in [2.24, 2.45) is 0 Å². The number of amides is 1. The topological polar surface area (TPSA) is 42.0 Å². The Bertz CT molecular complexity index is 575. The second-order valence-corrected chi connectivity index (χ2v) is 4.45. The van der Waals surface area contributed by atoms with Crippen LogP contribution in [-0.4, -0.2) is 10.9 Å². The molecule has 0 fully saturated rings. The van der Waals surface area contributed by atoms with Crippen molar-refractivity contribution in [1.82, 2.24) is 4.98 Å². The summed E-state index contributed by atoms with van der Waals surface area (Å²) >= 11 is 5.64. The molecule has 1 heterocycles. The molecule has 0 bridgehead atoms. The minimum atomic E-state index is -0.505. The Morgan fingerprint density at radius 1 is 1.37 bits per heavy atom. The quantitative estimate of drug-likeness (QED) is 0.931. The molecule has 0 radical (unpaired) electrons. The number of nitrogens with one attached hydrogen (secondary N) is 1. The van der Waals surface area contributed by atoms with Crippen LogP contribution in [0.2, 0.25) is 5.02 Å². The first-order chi connectivity index (χ1) is 9.15. The number of nitrogens with zero attached hydrogens (tertiary/aromatic N) is 1. The van der Waals surface area contributed by atoms with Crippen molar-refractivity contribution in [2.75, 3.05) is 5.32 Å². The van der Waals surface area contributed by atoms with Crippen LogP contribution in [0.1, 0.15) is 12.0 Å². The van der Waals surface area contributed by atoms with Crippen LogP contribution in [0.4, 0.5) is 10.1 Å². The summed E-state index contributed by atoms with van der Waals surface area (Å²) in [7, 11) is 0. The fourth-order valence-corrected chi connectivity index (χ4v) is 1.78. The molecule has 1 aromatic heterocycles. The molecule has 98 valence electrons. The molecule has 5 heteroatoms. The van der Waals surface area contributed by atoms with E-state index in [1.165, 1.54) is 18.2 Å². The lowest BCUT2D eigenvalue weighted by Gasteiger charge is -2.06. The average molecular weight is 279 g/mol. The van der Waals surface area contributed by atoms with Gasteiger partial charge in [0.05, 0.1) is 5.02 Å². The number of carbonyl (C=O) groups excluding carboxylic acids is 1. The largest absolute Gasteiger partial charge is 0.326 e. The summed E-state index contributed by atoms with van der Waals surface area (Å²) in [4.78, 5) is 15.7. The number of aromatic nitrogens is 1. The van der Waals surface area contributed by atoms with Crippen molar-refractivity contribution in [3.8, 4) is 0 Å². The molecule has 0 saturated carbocycles. The number of hydrogen-bond donors (Lipinski definition) is 1. The molecule has 1 amide bonds. The molecule has 0 aliphatic rings. The van der Waals surface area contributed by atoms with Crippen LogP contribution in [0.25, 0.3) is 0 Å². The Balaban J connectivity index is 1.89. The van der Waals surface area contributed by atoms with E-state index in [0.29, 0.717) is 18.5 Å². The molecule has 19 heavy (non-hydrogen) atoms. The van der Waals surface area contributed by atoms with E-state index < -0.39 is 5.82 Å². The maximum absolute atomic E-state index is 13.0. The predicted octanol–water partition coefficient (Wildman–Crippen LogP) is 3.45. The van der Waals surface area contributed by atoms with Crippen molar-refractivity contribution < 1.29 is 9.18 Å². The predicted molar refractivity (Wildman–Crippen MR) is 72.6 cm³/mol. The van der Waals surface area contributed by atoms with E-state index in [9.17, 15) is 9.18 Å². The fraction of sp³-hybridized carbons (Fsp3) is 0.143. The highest BCUT2D eigenvalue weighted by Gasteiger charge is 2.05. The van der Waals surface area contributed by atoms with Crippen molar-refractivity contribution in [1.29, 1.82) is 0 Å². The molecule has 0 atom stereocenters. The molecule has 1 N–H and O–H groups in total. The van der Waals surface area contributed by atoms with E-state index in [2.05, 4.69) is 10.3 Å². The maximum atomic E-state index is 13.0. The molecule has 0 unspecified atom stereocenters. The SMILES string of the molecule is O=C(CCc1cccnc1)Nc1ccc(F)c(Cl)c1. The minimum Gasteiger partial charge on any atom is -0.326 e. The lowest BCUT2D eigenvalue weighted by atomic mass is 10.1. The van der Waals surface area contributed by atoms with Gasteiger partial charge in [-0.3, -0.25) is 9.78 Å². The number of anilines is 1. The van der Waals surface area contributed by atoms with Gasteiger partial charge >= 0.3 is 0 Å². The number of aryl methyl sites for hydroxylation is 1. The molecule has 2 aromatic rings. The monoisotopic (exact) mass is 278 g/mol. The van der Waals surface area contributed by atoms with Crippen LogP contribution in [0.15, 0.2) is 42.7 Å². The number of pyridine rings is 1. The normalized spacial score (nSPS) is 10.2. The van der Waals surface area contributed by atoms with Crippen LogP contribution < -0.4 is 5.32 Å². The van der Waals surface area contributed by atoms with E-state index in [1.807, 2.05) is 12.1 Å². The fourth-order valence-electron chi connectivity index (χ4n) is 1.60. The summed E-state index contributed by atoms with van der Waals surface area (Å²) in [5.41, 5.74) is 1.48. The van der Waals surface area contributed by atoms with Gasteiger partial charge in [0.1, 0.15) is 5.82 Å². The van der Waals surface area contributed by atoms with E-state index in [0.717, 1.165) is 5.56 Å². The molecule has 3 nitrogen and oxygen atoms in total. The van der Waals surface area contributed by atoms with Gasteiger partial charge in [0.15, 0.2) is 0 Å². The van der Waals surface area contributed by atoms with Crippen LogP contribution in [-0.2, 0) is 11.2 Å². The Labute approximate surface area is 115 Å². The number of benzene rings is 1. The number of carbonyl (C=O) groups is 1. The van der Waals surface area contributed by atoms with Crippen LogP contribution in [0.5, 0.6) is 0 Å². The Hall–Kier alpha value is -1.94. The third kappa shape index (κ3) is 4.03. The summed E-state index contributed by atoms with van der Waals surface area (Å²) in [5.74, 6) is -0.651. The number of hydrogen-bond acceptors (Lipinski definition) is 2. The smallest absolute Gasteiger partial charge is 0.224 e. The van der Waals surface area contributed by atoms with Gasteiger partial charge in [0.2, 0.25) is 5.91 Å². The summed E-state index contributed by atoms with van der Waals surface area (Å²) in [5, 5.41) is 2.66. The maximum Gasteiger partial charge on any atom is 0.224 e. The third-order valence-corrected chi connectivity index (χ3v) is 2.86. The Morgan fingerprint density at radius 2 is 2.21 bits per heavy atom. The van der Waals surface area contributed by atoms with Crippen molar-refractivity contribution in [3.63, 3.8) is 0 Å². The lowest BCUT2D eigenvalue weighted by Crippen LogP contribution is -2.12. The minimum absolute atomic E-state index is 0.00920. The first-order valence-corrected chi connectivity index (χ1v) is 6.17. The molecule has 0 aliphatic carbocycles. The summed E-state index contributed by atoms with van der Waals surface area (Å²) < 4.78 is 13.0. The highest BCUT2D eigenvalue weighted by Crippen LogP contribution is 2.19. The van der Waals surface area contributed by atoms with Crippen molar-refractivity contribution >= 4 is 23.2 Å². The standard InChI is InChI=1S/C14H12ClFN2O/c15-12-8-11(4-5-13(12)16)18-14(19)6-3-10-2-1-7-17-9-10/h1-2,4-5,7-9H,3,6H2,(H,18,19). The van der Waals surface area contributed by atoms with Crippen LogP contribution in [0.3, 0.4) is 0 Å². The zero-order valence-electron chi connectivity index (χ0n) is 10.1. The van der Waals surface area contributed by atoms with Crippen molar-refractivity contribution in [2.45, 2.75) is 12.8 Å². The van der Waals surface area contributed by atoms with E-state index in [-0.39, 0.29) is 10.9 Å². The number of rotatable bonds is 4. The highest BCUT2D eigenvalue weighted by atomic mass is 35.5. The van der Waals surface area contributed by atoms with Gasteiger partial charge in [0, 0.05) is 24.5 Å². The molecule has 0 saturated heterocycles. The van der Waals surface area contributed by atoms with Gasteiger partial charge in [-0.25, -0.2) is 4.39 Å². The van der Waals surface area contributed by atoms with Crippen molar-refractivity contribution in [3.05, 3.63) is 59.1 Å². The molecule has 0 aliphatic heterocycles.